The Morgan fingerprint density at radius 1 is 0.879 bits per heavy atom. The molecule has 0 bridgehead atoms. The van der Waals surface area contributed by atoms with Gasteiger partial charge in [-0.1, -0.05) is 114 Å². The zero-order valence-corrected chi connectivity index (χ0v) is 21.4. The molecule has 1 aromatic rings. The summed E-state index contributed by atoms with van der Waals surface area (Å²) in [7, 11) is 0. The summed E-state index contributed by atoms with van der Waals surface area (Å²) in [6.45, 7) is 4.12. The molecule has 0 aliphatic rings. The van der Waals surface area contributed by atoms with Crippen molar-refractivity contribution in [3.05, 3.63) is 34.6 Å². The molecule has 0 saturated carbocycles. The van der Waals surface area contributed by atoms with Crippen molar-refractivity contribution in [1.29, 1.82) is 0 Å². The third kappa shape index (κ3) is 13.6. The summed E-state index contributed by atoms with van der Waals surface area (Å²) in [6, 6.07) is 3.32. The molecule has 1 atom stereocenters. The van der Waals surface area contributed by atoms with Crippen LogP contribution < -0.4 is 5.32 Å². The van der Waals surface area contributed by atoms with Crippen LogP contribution in [-0.2, 0) is 9.53 Å². The fourth-order valence-corrected chi connectivity index (χ4v) is 3.96. The Morgan fingerprint density at radius 3 is 1.88 bits per heavy atom. The van der Waals surface area contributed by atoms with Crippen LogP contribution in [-0.4, -0.2) is 24.5 Å². The van der Waals surface area contributed by atoms with Crippen LogP contribution in [0, 0.1) is 5.82 Å². The number of halogens is 2. The Bertz CT molecular complexity index is 683. The number of rotatable bonds is 19. The molecule has 4 nitrogen and oxygen atoms in total. The molecule has 1 aromatic carbocycles. The van der Waals surface area contributed by atoms with Gasteiger partial charge < -0.3 is 10.1 Å². The topological polar surface area (TPSA) is 55.4 Å². The Kier molecular flexibility index (Phi) is 16.7. The molecule has 33 heavy (non-hydrogen) atoms. The first-order chi connectivity index (χ1) is 16.0. The number of amides is 1. The average molecular weight is 484 g/mol. The normalized spacial score (nSPS) is 11.9. The number of hydrogen-bond acceptors (Lipinski definition) is 3. The van der Waals surface area contributed by atoms with E-state index in [9.17, 15) is 14.0 Å². The molecule has 0 aromatic heterocycles. The van der Waals surface area contributed by atoms with E-state index >= 15 is 0 Å². The number of unbranched alkanes of at least 4 members (excludes halogenated alkanes) is 14. The summed E-state index contributed by atoms with van der Waals surface area (Å²) in [6.07, 6.45) is 19.2. The highest BCUT2D eigenvalue weighted by molar-refractivity contribution is 6.31. The number of hydrogen-bond donors (Lipinski definition) is 1. The lowest BCUT2D eigenvalue weighted by Crippen LogP contribution is -2.40. The van der Waals surface area contributed by atoms with Crippen molar-refractivity contribution in [1.82, 2.24) is 5.32 Å². The van der Waals surface area contributed by atoms with Gasteiger partial charge in [-0.3, -0.25) is 4.79 Å². The summed E-state index contributed by atoms with van der Waals surface area (Å²) < 4.78 is 19.1. The standard InChI is InChI=1S/C27H43ClFNO3/c1-3-4-5-6-7-8-9-10-11-12-13-14-15-16-17-21-33-27(32)22(2)30-26(31)23-19-18-20-24(28)25(23)29/h18-20,22H,3-17,21H2,1-2H3,(H,30,31). The van der Waals surface area contributed by atoms with E-state index in [2.05, 4.69) is 12.2 Å². The average Bonchev–Trinajstić information content (AvgIpc) is 2.80. The van der Waals surface area contributed by atoms with Crippen LogP contribution in [0.2, 0.25) is 5.02 Å². The Hall–Kier alpha value is -1.62. The lowest BCUT2D eigenvalue weighted by Gasteiger charge is -2.14. The molecule has 1 unspecified atom stereocenters. The van der Waals surface area contributed by atoms with E-state index in [0.29, 0.717) is 6.61 Å². The number of benzene rings is 1. The highest BCUT2D eigenvalue weighted by Crippen LogP contribution is 2.18. The summed E-state index contributed by atoms with van der Waals surface area (Å²) in [5, 5.41) is 2.32. The Morgan fingerprint density at radius 2 is 1.36 bits per heavy atom. The van der Waals surface area contributed by atoms with Crippen molar-refractivity contribution in [2.45, 2.75) is 116 Å². The minimum atomic E-state index is -0.854. The molecular formula is C27H43ClFNO3. The lowest BCUT2D eigenvalue weighted by molar-refractivity contribution is -0.145. The van der Waals surface area contributed by atoms with Crippen LogP contribution in [0.3, 0.4) is 0 Å². The van der Waals surface area contributed by atoms with Gasteiger partial charge in [0, 0.05) is 0 Å². The molecule has 0 heterocycles. The predicted molar refractivity (Wildman–Crippen MR) is 134 cm³/mol. The highest BCUT2D eigenvalue weighted by Gasteiger charge is 2.20. The van der Waals surface area contributed by atoms with Crippen LogP contribution in [0.5, 0.6) is 0 Å². The molecular weight excluding hydrogens is 441 g/mol. The van der Waals surface area contributed by atoms with Crippen molar-refractivity contribution in [2.24, 2.45) is 0 Å². The van der Waals surface area contributed by atoms with Crippen LogP contribution in [0.15, 0.2) is 18.2 Å². The fraction of sp³-hybridized carbons (Fsp3) is 0.704. The van der Waals surface area contributed by atoms with E-state index in [4.69, 9.17) is 16.3 Å². The van der Waals surface area contributed by atoms with Gasteiger partial charge in [0.1, 0.15) is 6.04 Å². The molecule has 1 rings (SSSR count). The van der Waals surface area contributed by atoms with E-state index in [1.165, 1.54) is 102 Å². The monoisotopic (exact) mass is 483 g/mol. The number of carbonyl (C=O) groups excluding carboxylic acids is 2. The van der Waals surface area contributed by atoms with E-state index in [1.54, 1.807) is 0 Å². The zero-order chi connectivity index (χ0) is 24.3. The van der Waals surface area contributed by atoms with E-state index in [1.807, 2.05) is 0 Å². The Balaban J connectivity index is 1.97. The van der Waals surface area contributed by atoms with Crippen LogP contribution in [0.25, 0.3) is 0 Å². The SMILES string of the molecule is CCCCCCCCCCCCCCCCCOC(=O)C(C)NC(=O)c1cccc(Cl)c1F. The largest absolute Gasteiger partial charge is 0.464 e. The van der Waals surface area contributed by atoms with Crippen LogP contribution >= 0.6 is 11.6 Å². The minimum Gasteiger partial charge on any atom is -0.464 e. The number of carbonyl (C=O) groups is 2. The maximum absolute atomic E-state index is 13.9. The lowest BCUT2D eigenvalue weighted by atomic mass is 10.0. The summed E-state index contributed by atoms with van der Waals surface area (Å²) in [4.78, 5) is 24.2. The highest BCUT2D eigenvalue weighted by atomic mass is 35.5. The van der Waals surface area contributed by atoms with Crippen LogP contribution in [0.4, 0.5) is 4.39 Å². The number of nitrogens with one attached hydrogen (secondary N) is 1. The minimum absolute atomic E-state index is 0.133. The third-order valence-electron chi connectivity index (χ3n) is 5.89. The van der Waals surface area contributed by atoms with Crippen LogP contribution in [0.1, 0.15) is 121 Å². The second kappa shape index (κ2) is 18.8. The fourth-order valence-electron chi connectivity index (χ4n) is 3.78. The van der Waals surface area contributed by atoms with Gasteiger partial charge in [0.15, 0.2) is 5.82 Å². The molecule has 1 amide bonds. The predicted octanol–water partition coefficient (Wildman–Crippen LogP) is 8.01. The summed E-state index contributed by atoms with van der Waals surface area (Å²) in [5.74, 6) is -2.00. The van der Waals surface area contributed by atoms with Crippen molar-refractivity contribution in [3.8, 4) is 0 Å². The summed E-state index contributed by atoms with van der Waals surface area (Å²) in [5.41, 5.74) is -0.190. The van der Waals surface area contributed by atoms with Gasteiger partial charge in [0.25, 0.3) is 5.91 Å². The van der Waals surface area contributed by atoms with E-state index in [0.717, 1.165) is 19.3 Å². The molecule has 0 fully saturated rings. The van der Waals surface area contributed by atoms with Gasteiger partial charge in [-0.15, -0.1) is 0 Å². The van der Waals surface area contributed by atoms with E-state index in [-0.39, 0.29) is 10.6 Å². The zero-order valence-electron chi connectivity index (χ0n) is 20.6. The molecule has 0 aliphatic heterocycles. The quantitative estimate of drug-likeness (QED) is 0.160. The van der Waals surface area contributed by atoms with Crippen molar-refractivity contribution in [3.63, 3.8) is 0 Å². The Labute approximate surface area is 205 Å². The molecule has 1 N–H and O–H groups in total. The third-order valence-corrected chi connectivity index (χ3v) is 6.18. The first-order valence-corrected chi connectivity index (χ1v) is 13.3. The van der Waals surface area contributed by atoms with Gasteiger partial charge >= 0.3 is 5.97 Å². The summed E-state index contributed by atoms with van der Waals surface area (Å²) >= 11 is 5.69. The molecule has 0 saturated heterocycles. The first kappa shape index (κ1) is 29.4. The smallest absolute Gasteiger partial charge is 0.328 e. The molecule has 0 spiro atoms. The number of esters is 1. The second-order valence-electron chi connectivity index (χ2n) is 8.91. The first-order valence-electron chi connectivity index (χ1n) is 12.9. The molecule has 6 heteroatoms. The number of ether oxygens (including phenoxy) is 1. The van der Waals surface area contributed by atoms with Gasteiger partial charge in [-0.2, -0.15) is 0 Å². The maximum atomic E-state index is 13.9. The molecule has 0 radical (unpaired) electrons. The molecule has 188 valence electrons. The van der Waals surface area contributed by atoms with Gasteiger partial charge in [0.05, 0.1) is 17.2 Å². The van der Waals surface area contributed by atoms with Gasteiger partial charge in [-0.25, -0.2) is 9.18 Å². The van der Waals surface area contributed by atoms with Crippen molar-refractivity contribution >= 4 is 23.5 Å². The van der Waals surface area contributed by atoms with Gasteiger partial charge in [0.2, 0.25) is 0 Å². The van der Waals surface area contributed by atoms with Crippen molar-refractivity contribution < 1.29 is 18.7 Å². The molecule has 0 aliphatic carbocycles. The maximum Gasteiger partial charge on any atom is 0.328 e. The van der Waals surface area contributed by atoms with E-state index < -0.39 is 23.7 Å². The van der Waals surface area contributed by atoms with Crippen molar-refractivity contribution in [2.75, 3.05) is 6.61 Å². The van der Waals surface area contributed by atoms with Gasteiger partial charge in [-0.05, 0) is 25.5 Å². The second-order valence-corrected chi connectivity index (χ2v) is 9.32.